The van der Waals surface area contributed by atoms with Gasteiger partial charge in [0.05, 0.1) is 13.2 Å². The standard InChI is InChI=1S/C12H17NO4S/c1-5-16-9(14)8-7-18-10(13-8)12(3,4)11(15)17-6-2/h7H,5-6H2,1-4H3. The van der Waals surface area contributed by atoms with E-state index < -0.39 is 11.4 Å². The van der Waals surface area contributed by atoms with Crippen molar-refractivity contribution >= 4 is 23.3 Å². The number of hydrogen-bond acceptors (Lipinski definition) is 6. The van der Waals surface area contributed by atoms with E-state index in [2.05, 4.69) is 4.98 Å². The molecule has 1 rings (SSSR count). The summed E-state index contributed by atoms with van der Waals surface area (Å²) in [6, 6.07) is 0. The minimum absolute atomic E-state index is 0.231. The predicted molar refractivity (Wildman–Crippen MR) is 67.7 cm³/mol. The molecule has 0 spiro atoms. The predicted octanol–water partition coefficient (Wildman–Crippen LogP) is 2.16. The highest BCUT2D eigenvalue weighted by molar-refractivity contribution is 7.10. The molecule has 100 valence electrons. The van der Waals surface area contributed by atoms with Gasteiger partial charge in [0.2, 0.25) is 0 Å². The van der Waals surface area contributed by atoms with Gasteiger partial charge in [-0.3, -0.25) is 4.79 Å². The van der Waals surface area contributed by atoms with Crippen molar-refractivity contribution in [2.24, 2.45) is 0 Å². The zero-order valence-electron chi connectivity index (χ0n) is 11.0. The number of carbonyl (C=O) groups excluding carboxylic acids is 2. The van der Waals surface area contributed by atoms with Gasteiger partial charge in [-0.25, -0.2) is 9.78 Å². The van der Waals surface area contributed by atoms with Crippen LogP contribution in [0.3, 0.4) is 0 Å². The molecule has 0 radical (unpaired) electrons. The Kier molecular flexibility index (Phi) is 4.84. The molecule has 1 aromatic heterocycles. The van der Waals surface area contributed by atoms with Gasteiger partial charge in [-0.1, -0.05) is 0 Å². The van der Waals surface area contributed by atoms with Crippen molar-refractivity contribution in [1.82, 2.24) is 4.98 Å². The molecule has 0 aliphatic rings. The number of hydrogen-bond donors (Lipinski definition) is 0. The van der Waals surface area contributed by atoms with E-state index >= 15 is 0 Å². The molecule has 0 fully saturated rings. The smallest absolute Gasteiger partial charge is 0.357 e. The number of carbonyl (C=O) groups is 2. The number of rotatable bonds is 5. The van der Waals surface area contributed by atoms with Crippen LogP contribution in [-0.4, -0.2) is 30.1 Å². The highest BCUT2D eigenvalue weighted by Crippen LogP contribution is 2.28. The molecule has 18 heavy (non-hydrogen) atoms. The van der Waals surface area contributed by atoms with E-state index in [1.165, 1.54) is 11.3 Å². The third-order valence-electron chi connectivity index (χ3n) is 2.31. The first-order valence-electron chi connectivity index (χ1n) is 5.73. The third-order valence-corrected chi connectivity index (χ3v) is 3.48. The largest absolute Gasteiger partial charge is 0.465 e. The van der Waals surface area contributed by atoms with E-state index in [9.17, 15) is 9.59 Å². The SMILES string of the molecule is CCOC(=O)c1csc(C(C)(C)C(=O)OCC)n1. The summed E-state index contributed by atoms with van der Waals surface area (Å²) in [5, 5.41) is 2.14. The van der Waals surface area contributed by atoms with Gasteiger partial charge < -0.3 is 9.47 Å². The number of ether oxygens (including phenoxy) is 2. The van der Waals surface area contributed by atoms with Gasteiger partial charge in [-0.2, -0.15) is 0 Å². The zero-order chi connectivity index (χ0) is 13.8. The Labute approximate surface area is 110 Å². The molecule has 6 heteroatoms. The first-order valence-corrected chi connectivity index (χ1v) is 6.61. The van der Waals surface area contributed by atoms with E-state index in [0.717, 1.165) is 0 Å². The van der Waals surface area contributed by atoms with Gasteiger partial charge in [-0.15, -0.1) is 11.3 Å². The molecule has 0 aliphatic carbocycles. The summed E-state index contributed by atoms with van der Waals surface area (Å²) in [7, 11) is 0. The fourth-order valence-electron chi connectivity index (χ4n) is 1.26. The minimum atomic E-state index is -0.856. The topological polar surface area (TPSA) is 65.5 Å². The number of nitrogens with zero attached hydrogens (tertiary/aromatic N) is 1. The van der Waals surface area contributed by atoms with Crippen LogP contribution in [0.5, 0.6) is 0 Å². The lowest BCUT2D eigenvalue weighted by Crippen LogP contribution is -2.31. The second-order valence-corrected chi connectivity index (χ2v) is 4.96. The summed E-state index contributed by atoms with van der Waals surface area (Å²) in [6.45, 7) is 7.54. The molecule has 0 amide bonds. The van der Waals surface area contributed by atoms with Gasteiger partial charge in [0.25, 0.3) is 0 Å². The second-order valence-electron chi connectivity index (χ2n) is 4.10. The van der Waals surface area contributed by atoms with Crippen LogP contribution in [0.1, 0.15) is 43.2 Å². The molecule has 1 aromatic rings. The summed E-state index contributed by atoms with van der Waals surface area (Å²) < 4.78 is 9.84. The van der Waals surface area contributed by atoms with E-state index in [1.54, 1.807) is 33.1 Å². The van der Waals surface area contributed by atoms with Crippen LogP contribution in [-0.2, 0) is 19.7 Å². The van der Waals surface area contributed by atoms with Gasteiger partial charge in [0.1, 0.15) is 10.4 Å². The van der Waals surface area contributed by atoms with Crippen molar-refractivity contribution in [2.45, 2.75) is 33.1 Å². The van der Waals surface area contributed by atoms with Gasteiger partial charge in [0.15, 0.2) is 5.69 Å². The molecule has 5 nitrogen and oxygen atoms in total. The summed E-state index contributed by atoms with van der Waals surface area (Å²) in [5.74, 6) is -0.825. The van der Waals surface area contributed by atoms with Crippen LogP contribution >= 0.6 is 11.3 Å². The molecule has 1 heterocycles. The minimum Gasteiger partial charge on any atom is -0.465 e. The zero-order valence-corrected chi connectivity index (χ0v) is 11.8. The first-order chi connectivity index (χ1) is 8.43. The Hall–Kier alpha value is -1.43. The Bertz CT molecular complexity index is 439. The molecule has 0 saturated heterocycles. The summed E-state index contributed by atoms with van der Waals surface area (Å²) in [5.41, 5.74) is -0.625. The second kappa shape index (κ2) is 5.95. The lowest BCUT2D eigenvalue weighted by Gasteiger charge is -2.19. The Balaban J connectivity index is 2.90. The van der Waals surface area contributed by atoms with Crippen LogP contribution < -0.4 is 0 Å². The summed E-state index contributed by atoms with van der Waals surface area (Å²) in [6.07, 6.45) is 0. The van der Waals surface area contributed by atoms with Crippen LogP contribution in [0.4, 0.5) is 0 Å². The summed E-state index contributed by atoms with van der Waals surface area (Å²) >= 11 is 1.25. The highest BCUT2D eigenvalue weighted by Gasteiger charge is 2.35. The molecule has 0 unspecified atom stereocenters. The van der Waals surface area contributed by atoms with Gasteiger partial charge in [-0.05, 0) is 27.7 Å². The van der Waals surface area contributed by atoms with Crippen LogP contribution in [0, 0.1) is 0 Å². The van der Waals surface area contributed by atoms with E-state index in [4.69, 9.17) is 9.47 Å². The Morgan fingerprint density at radius 2 is 1.89 bits per heavy atom. The molecule has 0 atom stereocenters. The first kappa shape index (κ1) is 14.6. The lowest BCUT2D eigenvalue weighted by molar-refractivity contribution is -0.148. The Morgan fingerprint density at radius 3 is 2.44 bits per heavy atom. The fraction of sp³-hybridized carbons (Fsp3) is 0.583. The number of esters is 2. The summed E-state index contributed by atoms with van der Waals surface area (Å²) in [4.78, 5) is 27.4. The molecular weight excluding hydrogens is 254 g/mol. The number of aromatic nitrogens is 1. The molecular formula is C12H17NO4S. The van der Waals surface area contributed by atoms with Crippen molar-refractivity contribution in [2.75, 3.05) is 13.2 Å². The highest BCUT2D eigenvalue weighted by atomic mass is 32.1. The average Bonchev–Trinajstić information content (AvgIpc) is 2.79. The molecule has 0 saturated carbocycles. The fourth-order valence-corrected chi connectivity index (χ4v) is 2.16. The van der Waals surface area contributed by atoms with Crippen molar-refractivity contribution in [3.8, 4) is 0 Å². The number of thiazole rings is 1. The quantitative estimate of drug-likeness (QED) is 0.768. The van der Waals surface area contributed by atoms with E-state index in [1.807, 2.05) is 0 Å². The molecule has 0 bridgehead atoms. The van der Waals surface area contributed by atoms with Crippen molar-refractivity contribution in [1.29, 1.82) is 0 Å². The maximum atomic E-state index is 11.8. The molecule has 0 N–H and O–H groups in total. The normalized spacial score (nSPS) is 11.1. The van der Waals surface area contributed by atoms with Crippen molar-refractivity contribution in [3.05, 3.63) is 16.1 Å². The van der Waals surface area contributed by atoms with Gasteiger partial charge >= 0.3 is 11.9 Å². The van der Waals surface area contributed by atoms with E-state index in [0.29, 0.717) is 18.2 Å². The molecule has 0 aromatic carbocycles. The van der Waals surface area contributed by atoms with Crippen LogP contribution in [0.15, 0.2) is 5.38 Å². The van der Waals surface area contributed by atoms with Crippen LogP contribution in [0.2, 0.25) is 0 Å². The Morgan fingerprint density at radius 1 is 1.28 bits per heavy atom. The van der Waals surface area contributed by atoms with Crippen molar-refractivity contribution < 1.29 is 19.1 Å². The maximum Gasteiger partial charge on any atom is 0.357 e. The van der Waals surface area contributed by atoms with Crippen molar-refractivity contribution in [3.63, 3.8) is 0 Å². The third kappa shape index (κ3) is 3.07. The maximum absolute atomic E-state index is 11.8. The van der Waals surface area contributed by atoms with E-state index in [-0.39, 0.29) is 11.7 Å². The lowest BCUT2D eigenvalue weighted by atomic mass is 9.95. The van der Waals surface area contributed by atoms with Crippen LogP contribution in [0.25, 0.3) is 0 Å². The monoisotopic (exact) mass is 271 g/mol. The average molecular weight is 271 g/mol. The van der Waals surface area contributed by atoms with Gasteiger partial charge in [0, 0.05) is 5.38 Å². The molecule has 0 aliphatic heterocycles.